The number of piperazine rings is 1. The molecule has 7 nitrogen and oxygen atoms in total. The molecule has 2 aliphatic rings. The molecule has 2 aliphatic heterocycles. The van der Waals surface area contributed by atoms with Gasteiger partial charge in [0.25, 0.3) is 10.2 Å². The van der Waals surface area contributed by atoms with Crippen LogP contribution in [0, 0.1) is 0 Å². The fourth-order valence-electron chi connectivity index (χ4n) is 4.23. The predicted octanol–water partition coefficient (Wildman–Crippen LogP) is 2.69. The number of aliphatic hydroxyl groups excluding tert-OH is 1. The molecule has 0 saturated carbocycles. The first-order valence-corrected chi connectivity index (χ1v) is 13.1. The number of rotatable bonds is 7. The van der Waals surface area contributed by atoms with E-state index in [0.29, 0.717) is 45.8 Å². The summed E-state index contributed by atoms with van der Waals surface area (Å²) in [6.45, 7) is 4.10. The van der Waals surface area contributed by atoms with Crippen LogP contribution in [0.1, 0.15) is 19.3 Å². The third kappa shape index (κ3) is 5.77. The van der Waals surface area contributed by atoms with Crippen LogP contribution < -0.4 is 4.74 Å². The molecule has 2 fully saturated rings. The molecule has 0 aliphatic carbocycles. The van der Waals surface area contributed by atoms with E-state index in [9.17, 15) is 13.5 Å². The van der Waals surface area contributed by atoms with Crippen LogP contribution in [0.15, 0.2) is 40.9 Å². The summed E-state index contributed by atoms with van der Waals surface area (Å²) in [6.07, 6.45) is 2.36. The van der Waals surface area contributed by atoms with Crippen LogP contribution in [0.5, 0.6) is 5.75 Å². The van der Waals surface area contributed by atoms with Crippen LogP contribution in [0.3, 0.4) is 0 Å². The van der Waals surface area contributed by atoms with Gasteiger partial charge < -0.3 is 9.84 Å². The second-order valence-corrected chi connectivity index (χ2v) is 11.1. The highest BCUT2D eigenvalue weighted by atomic mass is 79.9. The lowest BCUT2D eigenvalue weighted by Crippen LogP contribution is -2.54. The van der Waals surface area contributed by atoms with Gasteiger partial charge in [0.1, 0.15) is 18.5 Å². The average Bonchev–Trinajstić information content (AvgIpc) is 2.78. The summed E-state index contributed by atoms with van der Waals surface area (Å²) < 4.78 is 35.7. The molecule has 0 spiro atoms. The van der Waals surface area contributed by atoms with Crippen LogP contribution in [0.25, 0.3) is 10.8 Å². The summed E-state index contributed by atoms with van der Waals surface area (Å²) in [6, 6.07) is 12.0. The fraction of sp³-hybridized carbons (Fsp3) is 0.545. The largest absolute Gasteiger partial charge is 0.491 e. The number of β-amino-alcohol motifs (C(OH)–C–C–N with tert-alkyl or cyclic N) is 1. The van der Waals surface area contributed by atoms with E-state index in [-0.39, 0.29) is 6.61 Å². The molecule has 0 aromatic heterocycles. The SMILES string of the molecule is O=S(=O)(N1CCCCC1)N1CCN(C[C@@H](O)COc2ccc3cc(Br)ccc3c2)CC1. The van der Waals surface area contributed by atoms with Crippen molar-refractivity contribution in [2.24, 2.45) is 0 Å². The Bertz CT molecular complexity index is 989. The lowest BCUT2D eigenvalue weighted by molar-refractivity contribution is 0.0562. The summed E-state index contributed by atoms with van der Waals surface area (Å²) in [5.41, 5.74) is 0. The van der Waals surface area contributed by atoms with Gasteiger partial charge in [0, 0.05) is 50.3 Å². The van der Waals surface area contributed by atoms with Crippen LogP contribution in [0.2, 0.25) is 0 Å². The van der Waals surface area contributed by atoms with Crippen molar-refractivity contribution in [3.05, 3.63) is 40.9 Å². The standard InChI is InChI=1S/C22H30BrN3O4S/c23-20-6-4-19-15-22(7-5-18(19)14-20)30-17-21(27)16-24-10-12-26(13-11-24)31(28,29)25-8-2-1-3-9-25/h4-7,14-15,21,27H,1-3,8-13,16-17H2/t21-/m1/s1. The van der Waals surface area contributed by atoms with Crippen molar-refractivity contribution < 1.29 is 18.3 Å². The molecule has 4 rings (SSSR count). The summed E-state index contributed by atoms with van der Waals surface area (Å²) in [4.78, 5) is 2.11. The molecule has 2 heterocycles. The molecule has 0 radical (unpaired) electrons. The zero-order valence-electron chi connectivity index (χ0n) is 17.6. The zero-order valence-corrected chi connectivity index (χ0v) is 20.0. The van der Waals surface area contributed by atoms with E-state index in [0.717, 1.165) is 40.3 Å². The maximum absolute atomic E-state index is 12.8. The highest BCUT2D eigenvalue weighted by Crippen LogP contribution is 2.24. The number of nitrogens with zero attached hydrogens (tertiary/aromatic N) is 3. The first kappa shape index (κ1) is 22.9. The average molecular weight is 512 g/mol. The van der Waals surface area contributed by atoms with E-state index in [4.69, 9.17) is 4.74 Å². The van der Waals surface area contributed by atoms with Gasteiger partial charge >= 0.3 is 0 Å². The molecule has 2 aromatic rings. The van der Waals surface area contributed by atoms with Crippen LogP contribution in [-0.2, 0) is 10.2 Å². The monoisotopic (exact) mass is 511 g/mol. The number of hydrogen-bond donors (Lipinski definition) is 1. The van der Waals surface area contributed by atoms with Gasteiger partial charge in [0.2, 0.25) is 0 Å². The minimum Gasteiger partial charge on any atom is -0.491 e. The molecule has 0 unspecified atom stereocenters. The summed E-state index contributed by atoms with van der Waals surface area (Å²) >= 11 is 3.47. The molecule has 170 valence electrons. The first-order chi connectivity index (χ1) is 14.9. The van der Waals surface area contributed by atoms with E-state index in [1.807, 2.05) is 30.3 Å². The summed E-state index contributed by atoms with van der Waals surface area (Å²) in [7, 11) is -3.35. The van der Waals surface area contributed by atoms with Crippen LogP contribution in [-0.4, -0.2) is 85.6 Å². The third-order valence-electron chi connectivity index (χ3n) is 5.98. The topological polar surface area (TPSA) is 73.3 Å². The molecule has 1 N–H and O–H groups in total. The van der Waals surface area contributed by atoms with E-state index in [1.54, 1.807) is 8.61 Å². The Morgan fingerprint density at radius 2 is 1.55 bits per heavy atom. The maximum Gasteiger partial charge on any atom is 0.282 e. The molecule has 31 heavy (non-hydrogen) atoms. The van der Waals surface area contributed by atoms with Gasteiger partial charge in [0.15, 0.2) is 0 Å². The number of piperidine rings is 1. The lowest BCUT2D eigenvalue weighted by Gasteiger charge is -2.38. The van der Waals surface area contributed by atoms with Crippen molar-refractivity contribution in [2.45, 2.75) is 25.4 Å². The molecular weight excluding hydrogens is 482 g/mol. The van der Waals surface area contributed by atoms with Crippen molar-refractivity contribution in [2.75, 3.05) is 52.4 Å². The van der Waals surface area contributed by atoms with Gasteiger partial charge in [-0.25, -0.2) is 0 Å². The van der Waals surface area contributed by atoms with Gasteiger partial charge in [-0.1, -0.05) is 34.5 Å². The van der Waals surface area contributed by atoms with Crippen LogP contribution in [0.4, 0.5) is 0 Å². The Hall–Kier alpha value is -1.23. The predicted molar refractivity (Wildman–Crippen MR) is 126 cm³/mol. The Morgan fingerprint density at radius 3 is 2.29 bits per heavy atom. The van der Waals surface area contributed by atoms with Crippen molar-refractivity contribution in [3.8, 4) is 5.75 Å². The molecule has 9 heteroatoms. The minimum atomic E-state index is -3.35. The zero-order chi connectivity index (χ0) is 21.8. The summed E-state index contributed by atoms with van der Waals surface area (Å²) in [5, 5.41) is 12.6. The number of benzene rings is 2. The van der Waals surface area contributed by atoms with Crippen molar-refractivity contribution in [1.82, 2.24) is 13.5 Å². The van der Waals surface area contributed by atoms with E-state index in [1.165, 1.54) is 0 Å². The Labute approximate surface area is 192 Å². The number of fused-ring (bicyclic) bond motifs is 1. The highest BCUT2D eigenvalue weighted by Gasteiger charge is 2.33. The number of aliphatic hydroxyl groups is 1. The highest BCUT2D eigenvalue weighted by molar-refractivity contribution is 9.10. The second kappa shape index (κ2) is 10.1. The van der Waals surface area contributed by atoms with Crippen molar-refractivity contribution in [3.63, 3.8) is 0 Å². The smallest absolute Gasteiger partial charge is 0.282 e. The van der Waals surface area contributed by atoms with E-state index < -0.39 is 16.3 Å². The lowest BCUT2D eigenvalue weighted by atomic mass is 10.1. The Balaban J connectivity index is 1.24. The van der Waals surface area contributed by atoms with Gasteiger partial charge in [0.05, 0.1) is 0 Å². The molecule has 0 amide bonds. The molecule has 1 atom stereocenters. The van der Waals surface area contributed by atoms with Crippen LogP contribution >= 0.6 is 15.9 Å². The van der Waals surface area contributed by atoms with Crippen molar-refractivity contribution >= 4 is 36.9 Å². The second-order valence-electron chi connectivity index (χ2n) is 8.29. The maximum atomic E-state index is 12.8. The normalized spacial score (nSPS) is 20.7. The quantitative estimate of drug-likeness (QED) is 0.618. The minimum absolute atomic E-state index is 0.203. The Morgan fingerprint density at radius 1 is 0.903 bits per heavy atom. The third-order valence-corrected chi connectivity index (χ3v) is 8.51. The fourth-order valence-corrected chi connectivity index (χ4v) is 6.28. The van der Waals surface area contributed by atoms with E-state index >= 15 is 0 Å². The van der Waals surface area contributed by atoms with Crippen molar-refractivity contribution in [1.29, 1.82) is 0 Å². The Kier molecular flexibility index (Phi) is 7.51. The molecular formula is C22H30BrN3O4S. The van der Waals surface area contributed by atoms with Gasteiger partial charge in [-0.15, -0.1) is 0 Å². The molecule has 2 aromatic carbocycles. The number of halogens is 1. The van der Waals surface area contributed by atoms with E-state index in [2.05, 4.69) is 26.9 Å². The number of ether oxygens (including phenoxy) is 1. The summed E-state index contributed by atoms with van der Waals surface area (Å²) in [5.74, 6) is 0.728. The molecule has 0 bridgehead atoms. The number of hydrogen-bond acceptors (Lipinski definition) is 5. The van der Waals surface area contributed by atoms with Gasteiger partial charge in [-0.3, -0.25) is 4.90 Å². The van der Waals surface area contributed by atoms with Gasteiger partial charge in [-0.05, 0) is 47.9 Å². The van der Waals surface area contributed by atoms with Gasteiger partial charge in [-0.2, -0.15) is 17.0 Å². The first-order valence-electron chi connectivity index (χ1n) is 10.9. The molecule has 2 saturated heterocycles.